The molecule has 10 nitrogen and oxygen atoms in total. The van der Waals surface area contributed by atoms with Crippen LogP contribution < -0.4 is 15.8 Å². The SMILES string of the molecule is NC1C=CC2=C(N1)n1cc3cc(C(CC(=O)N4CCC4)c4ccccc4)cc(c3c1)COc1cc(ccc1O)CCC(O)CC(CCCCCCc1ccc(O)cc1)OC2. The Hall–Kier alpha value is -5.55. The average molecular weight is 811 g/mol. The number of aliphatic hydroxyl groups excluding tert-OH is 1. The number of amides is 1. The van der Waals surface area contributed by atoms with Crippen LogP contribution in [0.2, 0.25) is 0 Å². The molecule has 3 aliphatic heterocycles. The number of hydrogen-bond donors (Lipinski definition) is 5. The first-order chi connectivity index (χ1) is 29.3. The highest BCUT2D eigenvalue weighted by atomic mass is 16.5. The van der Waals surface area contributed by atoms with Crippen molar-refractivity contribution in [2.45, 2.75) is 102 Å². The number of aryl methyl sites for hydroxylation is 2. The number of hydrogen-bond acceptors (Lipinski definition) is 8. The Bertz CT molecular complexity index is 2300. The minimum absolute atomic E-state index is 0.0551. The maximum Gasteiger partial charge on any atom is 0.223 e. The van der Waals surface area contributed by atoms with Gasteiger partial charge in [0.2, 0.25) is 5.91 Å². The van der Waals surface area contributed by atoms with Crippen molar-refractivity contribution in [3.63, 3.8) is 0 Å². The normalized spacial score (nSPS) is 20.1. The lowest BCUT2D eigenvalue weighted by Gasteiger charge is -2.32. The number of rotatable bonds is 11. The summed E-state index contributed by atoms with van der Waals surface area (Å²) in [5.41, 5.74) is 12.6. The minimum atomic E-state index is -0.573. The summed E-state index contributed by atoms with van der Waals surface area (Å²) < 4.78 is 15.2. The number of aliphatic hydroxyl groups is 1. The standard InChI is InChI=1S/C50H58N4O6/c51-48-22-17-37-32-59-43(12-7-2-1-4-9-34-13-18-41(55)19-14-34)28-42(56)20-15-35-16-21-46(57)47(25-35)60-33-40-27-38(26-39-30-54(31-45(39)40)50(37)52-48)44(36-10-5-3-6-11-36)29-49(58)53-23-8-24-53/h3,5-6,10-11,13-14,16-19,21-22,25-27,30-31,42-44,48,52,55-57H,1-2,4,7-9,12,15,20,23-24,28-29,32-33,51H2. The Morgan fingerprint density at radius 1 is 0.900 bits per heavy atom. The van der Waals surface area contributed by atoms with Gasteiger partial charge < -0.3 is 45.3 Å². The third-order valence-corrected chi connectivity index (χ3v) is 12.3. The smallest absolute Gasteiger partial charge is 0.223 e. The van der Waals surface area contributed by atoms with Crippen LogP contribution in [0.5, 0.6) is 17.2 Å². The Kier molecular flexibility index (Phi) is 13.2. The number of carbonyl (C=O) groups is 1. The number of likely N-dealkylation sites (tertiary alicyclic amines) is 1. The molecule has 1 saturated heterocycles. The Labute approximate surface area is 352 Å². The number of phenolic OH excluding ortho intramolecular Hbond substituents is 2. The molecule has 4 unspecified atom stereocenters. The number of aromatic hydroxyl groups is 2. The van der Waals surface area contributed by atoms with Crippen molar-refractivity contribution in [3.05, 3.63) is 143 Å². The monoisotopic (exact) mass is 810 g/mol. The molecule has 3 aliphatic rings. The molecule has 6 N–H and O–H groups in total. The molecule has 4 heterocycles. The summed E-state index contributed by atoms with van der Waals surface area (Å²) >= 11 is 0. The first kappa shape index (κ1) is 41.2. The van der Waals surface area contributed by atoms with Crippen LogP contribution in [0.3, 0.4) is 0 Å². The van der Waals surface area contributed by atoms with Crippen molar-refractivity contribution in [2.24, 2.45) is 5.73 Å². The molecule has 5 aromatic rings. The highest BCUT2D eigenvalue weighted by Gasteiger charge is 2.27. The van der Waals surface area contributed by atoms with Gasteiger partial charge in [0.1, 0.15) is 18.2 Å². The van der Waals surface area contributed by atoms with Gasteiger partial charge in [0.05, 0.1) is 25.0 Å². The number of nitrogens with two attached hydrogens (primary N) is 1. The van der Waals surface area contributed by atoms with Gasteiger partial charge in [-0.3, -0.25) is 4.79 Å². The molecule has 4 aromatic carbocycles. The van der Waals surface area contributed by atoms with Crippen LogP contribution in [-0.2, 0) is 29.0 Å². The maximum absolute atomic E-state index is 13.5. The number of benzene rings is 4. The number of aromatic nitrogens is 1. The predicted molar refractivity (Wildman–Crippen MR) is 236 cm³/mol. The number of unbranched alkanes of at least 4 members (excludes halogenated alkanes) is 3. The van der Waals surface area contributed by atoms with E-state index in [9.17, 15) is 20.1 Å². The van der Waals surface area contributed by atoms with E-state index in [1.54, 1.807) is 18.2 Å². The molecule has 1 aromatic heterocycles. The van der Waals surface area contributed by atoms with E-state index in [4.69, 9.17) is 15.2 Å². The van der Waals surface area contributed by atoms with E-state index >= 15 is 0 Å². The minimum Gasteiger partial charge on any atom is -0.508 e. The second-order valence-corrected chi connectivity index (χ2v) is 16.7. The molecule has 1 amide bonds. The largest absolute Gasteiger partial charge is 0.508 e. The van der Waals surface area contributed by atoms with E-state index in [1.807, 2.05) is 59.5 Å². The van der Waals surface area contributed by atoms with Crippen LogP contribution in [0.1, 0.15) is 91.5 Å². The fourth-order valence-electron chi connectivity index (χ4n) is 8.67. The highest BCUT2D eigenvalue weighted by Crippen LogP contribution is 2.36. The molecule has 10 heteroatoms. The molecule has 60 heavy (non-hydrogen) atoms. The summed E-state index contributed by atoms with van der Waals surface area (Å²) in [5, 5.41) is 37.4. The summed E-state index contributed by atoms with van der Waals surface area (Å²) in [6, 6.07) is 27.4. The quantitative estimate of drug-likeness (QED) is 0.0840. The summed E-state index contributed by atoms with van der Waals surface area (Å²) in [7, 11) is 0. The van der Waals surface area contributed by atoms with Crippen LogP contribution in [0.4, 0.5) is 0 Å². The summed E-state index contributed by atoms with van der Waals surface area (Å²) in [6.45, 7) is 2.14. The predicted octanol–water partition coefficient (Wildman–Crippen LogP) is 8.27. The van der Waals surface area contributed by atoms with E-state index in [2.05, 4.69) is 46.5 Å². The highest BCUT2D eigenvalue weighted by molar-refractivity contribution is 5.88. The molecule has 8 rings (SSSR count). The Balaban J connectivity index is 1.10. The van der Waals surface area contributed by atoms with Gasteiger partial charge in [0, 0.05) is 54.2 Å². The summed E-state index contributed by atoms with van der Waals surface area (Å²) in [5.74, 6) is 1.54. The van der Waals surface area contributed by atoms with Gasteiger partial charge in [-0.05, 0) is 109 Å². The lowest BCUT2D eigenvalue weighted by molar-refractivity contribution is -0.134. The Morgan fingerprint density at radius 2 is 1.72 bits per heavy atom. The number of phenols is 2. The van der Waals surface area contributed by atoms with Gasteiger partial charge in [-0.15, -0.1) is 0 Å². The third-order valence-electron chi connectivity index (χ3n) is 12.3. The van der Waals surface area contributed by atoms with E-state index in [1.165, 1.54) is 5.56 Å². The second-order valence-electron chi connectivity index (χ2n) is 16.7. The number of fused-ring (bicyclic) bond motifs is 4. The number of carbonyl (C=O) groups excluding carboxylic acids is 1. The van der Waals surface area contributed by atoms with Gasteiger partial charge in [-0.1, -0.05) is 79.9 Å². The van der Waals surface area contributed by atoms with Crippen molar-refractivity contribution in [1.29, 1.82) is 0 Å². The molecule has 4 atom stereocenters. The summed E-state index contributed by atoms with van der Waals surface area (Å²) in [4.78, 5) is 15.5. The van der Waals surface area contributed by atoms with E-state index < -0.39 is 12.3 Å². The zero-order valence-corrected chi connectivity index (χ0v) is 34.3. The van der Waals surface area contributed by atoms with Crippen LogP contribution in [0.15, 0.2) is 115 Å². The Morgan fingerprint density at radius 3 is 2.52 bits per heavy atom. The lowest BCUT2D eigenvalue weighted by Crippen LogP contribution is -2.42. The van der Waals surface area contributed by atoms with Crippen molar-refractivity contribution in [3.8, 4) is 17.2 Å². The van der Waals surface area contributed by atoms with Gasteiger partial charge in [-0.25, -0.2) is 0 Å². The molecule has 4 bridgehead atoms. The van der Waals surface area contributed by atoms with Gasteiger partial charge in [0.15, 0.2) is 11.5 Å². The fourth-order valence-corrected chi connectivity index (χ4v) is 8.67. The van der Waals surface area contributed by atoms with E-state index in [0.717, 1.165) is 102 Å². The molecule has 0 radical (unpaired) electrons. The van der Waals surface area contributed by atoms with Crippen LogP contribution in [0, 0.1) is 0 Å². The average Bonchev–Trinajstić information content (AvgIpc) is 3.67. The number of dihydropyridines is 1. The van der Waals surface area contributed by atoms with Gasteiger partial charge >= 0.3 is 0 Å². The van der Waals surface area contributed by atoms with Crippen molar-refractivity contribution in [1.82, 2.24) is 14.8 Å². The molecular weight excluding hydrogens is 753 g/mol. The number of nitrogens with one attached hydrogen (secondary N) is 1. The van der Waals surface area contributed by atoms with Crippen molar-refractivity contribution >= 4 is 22.5 Å². The van der Waals surface area contributed by atoms with Crippen LogP contribution >= 0.6 is 0 Å². The molecule has 0 saturated carbocycles. The number of nitrogens with zero attached hydrogens (tertiary/aromatic N) is 2. The fraction of sp³-hybridized carbons (Fsp3) is 0.380. The molecule has 314 valence electrons. The summed E-state index contributed by atoms with van der Waals surface area (Å²) in [6.07, 6.45) is 16.1. The van der Waals surface area contributed by atoms with Gasteiger partial charge in [-0.2, -0.15) is 0 Å². The second kappa shape index (κ2) is 19.2. The third kappa shape index (κ3) is 10.2. The number of ether oxygens (including phenoxy) is 2. The van der Waals surface area contributed by atoms with Crippen molar-refractivity contribution < 1.29 is 29.6 Å². The lowest BCUT2D eigenvalue weighted by atomic mass is 9.86. The first-order valence-electron chi connectivity index (χ1n) is 21.7. The maximum atomic E-state index is 13.5. The molecule has 1 fully saturated rings. The zero-order valence-electron chi connectivity index (χ0n) is 34.3. The van der Waals surface area contributed by atoms with E-state index in [-0.39, 0.29) is 30.3 Å². The topological polar surface area (TPSA) is 142 Å². The first-order valence-corrected chi connectivity index (χ1v) is 21.7. The van der Waals surface area contributed by atoms with Crippen molar-refractivity contribution in [2.75, 3.05) is 19.7 Å². The zero-order chi connectivity index (χ0) is 41.4. The molecule has 0 aliphatic carbocycles. The van der Waals surface area contributed by atoms with Crippen LogP contribution in [0.25, 0.3) is 16.6 Å². The molecular formula is C50H58N4O6. The van der Waals surface area contributed by atoms with Crippen LogP contribution in [-0.4, -0.2) is 68.8 Å². The van der Waals surface area contributed by atoms with E-state index in [0.29, 0.717) is 43.8 Å². The molecule has 0 spiro atoms. The van der Waals surface area contributed by atoms with Gasteiger partial charge in [0.25, 0.3) is 0 Å².